The van der Waals surface area contributed by atoms with Crippen molar-refractivity contribution in [3.05, 3.63) is 99.3 Å². The van der Waals surface area contributed by atoms with Gasteiger partial charge in [-0.15, -0.1) is 11.3 Å². The monoisotopic (exact) mass is 475 g/mol. The zero-order chi connectivity index (χ0) is 24.1. The Morgan fingerprint density at radius 3 is 2.53 bits per heavy atom. The standard InChI is InChI=1S/C23H17N5O5S/c1-14-8-9-16(18(12-14)28(31)32)26-21(29)19(15-6-3-2-4-7-15)33-23(30)17-13-34-22(27-17)20-24-10-5-11-25-20/h2-13,19H,1H3,(H,26,29). The number of benzene rings is 2. The SMILES string of the molecule is Cc1ccc(NC(=O)C(OC(=O)c2csc(-c3ncccn3)n2)c2ccccc2)c([N+](=O)[O-])c1. The Balaban J connectivity index is 1.59. The predicted molar refractivity (Wildman–Crippen MR) is 124 cm³/mol. The lowest BCUT2D eigenvalue weighted by molar-refractivity contribution is -0.384. The molecule has 4 rings (SSSR count). The van der Waals surface area contributed by atoms with Crippen molar-refractivity contribution in [3.63, 3.8) is 0 Å². The fraction of sp³-hybridized carbons (Fsp3) is 0.0870. The van der Waals surface area contributed by atoms with Crippen molar-refractivity contribution >= 4 is 34.6 Å². The highest BCUT2D eigenvalue weighted by molar-refractivity contribution is 7.13. The van der Waals surface area contributed by atoms with E-state index in [4.69, 9.17) is 4.74 Å². The summed E-state index contributed by atoms with van der Waals surface area (Å²) in [4.78, 5) is 49.2. The Labute approximate surface area is 197 Å². The van der Waals surface area contributed by atoms with Crippen molar-refractivity contribution in [2.45, 2.75) is 13.0 Å². The zero-order valence-corrected chi connectivity index (χ0v) is 18.6. The molecule has 0 aliphatic carbocycles. The summed E-state index contributed by atoms with van der Waals surface area (Å²) >= 11 is 1.16. The number of rotatable bonds is 7. The van der Waals surface area contributed by atoms with E-state index in [-0.39, 0.29) is 17.1 Å². The molecule has 0 saturated heterocycles. The van der Waals surface area contributed by atoms with E-state index in [1.807, 2.05) is 0 Å². The Kier molecular flexibility index (Phi) is 6.64. The van der Waals surface area contributed by atoms with E-state index < -0.39 is 22.9 Å². The molecule has 4 aromatic rings. The number of hydrogen-bond acceptors (Lipinski definition) is 9. The first-order valence-corrected chi connectivity index (χ1v) is 10.8. The number of nitrogens with one attached hydrogen (secondary N) is 1. The van der Waals surface area contributed by atoms with E-state index in [2.05, 4.69) is 20.3 Å². The molecule has 1 unspecified atom stereocenters. The molecule has 0 radical (unpaired) electrons. The van der Waals surface area contributed by atoms with Gasteiger partial charge in [0, 0.05) is 29.4 Å². The normalized spacial score (nSPS) is 11.4. The number of carbonyl (C=O) groups is 2. The number of nitro benzene ring substituents is 1. The van der Waals surface area contributed by atoms with Gasteiger partial charge in [-0.1, -0.05) is 36.4 Å². The van der Waals surface area contributed by atoms with E-state index in [1.165, 1.54) is 17.5 Å². The van der Waals surface area contributed by atoms with Crippen LogP contribution in [0.15, 0.2) is 72.4 Å². The Bertz CT molecular complexity index is 1340. The summed E-state index contributed by atoms with van der Waals surface area (Å²) in [6, 6.07) is 14.4. The number of aromatic nitrogens is 3. The predicted octanol–water partition coefficient (Wildman–Crippen LogP) is 4.35. The zero-order valence-electron chi connectivity index (χ0n) is 17.7. The van der Waals surface area contributed by atoms with Gasteiger partial charge in [-0.25, -0.2) is 19.7 Å². The van der Waals surface area contributed by atoms with E-state index >= 15 is 0 Å². The molecule has 0 aliphatic heterocycles. The second kappa shape index (κ2) is 9.96. The maximum absolute atomic E-state index is 13.1. The van der Waals surface area contributed by atoms with Crippen LogP contribution in [0.1, 0.15) is 27.7 Å². The molecule has 0 aliphatic rings. The first kappa shape index (κ1) is 22.7. The molecule has 170 valence electrons. The maximum Gasteiger partial charge on any atom is 0.358 e. The van der Waals surface area contributed by atoms with Crippen LogP contribution in [0.2, 0.25) is 0 Å². The van der Waals surface area contributed by atoms with Gasteiger partial charge < -0.3 is 10.1 Å². The summed E-state index contributed by atoms with van der Waals surface area (Å²) in [5.74, 6) is -1.22. The van der Waals surface area contributed by atoms with Gasteiger partial charge in [0.2, 0.25) is 6.10 Å². The number of esters is 1. The Morgan fingerprint density at radius 1 is 1.09 bits per heavy atom. The van der Waals surface area contributed by atoms with E-state index in [9.17, 15) is 19.7 Å². The molecule has 2 aromatic heterocycles. The largest absolute Gasteiger partial charge is 0.443 e. The van der Waals surface area contributed by atoms with Gasteiger partial charge in [-0.2, -0.15) is 0 Å². The van der Waals surface area contributed by atoms with Gasteiger partial charge in [0.05, 0.1) is 4.92 Å². The third kappa shape index (κ3) is 5.10. The maximum atomic E-state index is 13.1. The number of anilines is 1. The van der Waals surface area contributed by atoms with Crippen LogP contribution in [-0.4, -0.2) is 31.8 Å². The fourth-order valence-electron chi connectivity index (χ4n) is 3.04. The number of ether oxygens (including phenoxy) is 1. The summed E-state index contributed by atoms with van der Waals surface area (Å²) in [5.41, 5.74) is 0.776. The lowest BCUT2D eigenvalue weighted by Crippen LogP contribution is -2.26. The third-order valence-electron chi connectivity index (χ3n) is 4.64. The molecule has 2 heterocycles. The van der Waals surface area contributed by atoms with E-state index in [1.54, 1.807) is 61.8 Å². The molecular weight excluding hydrogens is 458 g/mol. The van der Waals surface area contributed by atoms with Crippen molar-refractivity contribution in [1.29, 1.82) is 0 Å². The number of amides is 1. The molecule has 1 amide bonds. The molecule has 2 aromatic carbocycles. The Hall–Kier alpha value is -4.51. The number of nitrogens with zero attached hydrogens (tertiary/aromatic N) is 4. The number of aryl methyl sites for hydroxylation is 1. The van der Waals surface area contributed by atoms with Crippen LogP contribution >= 0.6 is 11.3 Å². The number of hydrogen-bond donors (Lipinski definition) is 1. The smallest absolute Gasteiger partial charge is 0.358 e. The minimum atomic E-state index is -1.37. The third-order valence-corrected chi connectivity index (χ3v) is 5.48. The van der Waals surface area contributed by atoms with Gasteiger partial charge in [-0.05, 0) is 24.6 Å². The molecule has 11 heteroatoms. The van der Waals surface area contributed by atoms with Crippen LogP contribution < -0.4 is 5.32 Å². The Morgan fingerprint density at radius 2 is 1.82 bits per heavy atom. The molecule has 0 saturated carbocycles. The second-order valence-electron chi connectivity index (χ2n) is 7.07. The van der Waals surface area contributed by atoms with E-state index in [0.717, 1.165) is 11.3 Å². The van der Waals surface area contributed by atoms with Crippen LogP contribution in [0.3, 0.4) is 0 Å². The molecule has 1 N–H and O–H groups in total. The van der Waals surface area contributed by atoms with Gasteiger partial charge in [0.1, 0.15) is 5.69 Å². The molecule has 0 spiro atoms. The van der Waals surface area contributed by atoms with Crippen LogP contribution in [0.25, 0.3) is 10.8 Å². The molecular formula is C23H17N5O5S. The summed E-state index contributed by atoms with van der Waals surface area (Å²) in [6.07, 6.45) is 1.75. The van der Waals surface area contributed by atoms with Crippen molar-refractivity contribution < 1.29 is 19.2 Å². The highest BCUT2D eigenvalue weighted by Gasteiger charge is 2.29. The molecule has 34 heavy (non-hydrogen) atoms. The van der Waals surface area contributed by atoms with Crippen molar-refractivity contribution in [2.24, 2.45) is 0 Å². The number of carbonyl (C=O) groups excluding carboxylic acids is 2. The first-order chi connectivity index (χ1) is 16.4. The quantitative estimate of drug-likeness (QED) is 0.236. The lowest BCUT2D eigenvalue weighted by atomic mass is 10.1. The summed E-state index contributed by atoms with van der Waals surface area (Å²) in [5, 5.41) is 15.8. The molecule has 1 atom stereocenters. The summed E-state index contributed by atoms with van der Waals surface area (Å²) < 4.78 is 5.51. The van der Waals surface area contributed by atoms with Crippen LogP contribution in [-0.2, 0) is 9.53 Å². The van der Waals surface area contributed by atoms with Gasteiger partial charge in [0.25, 0.3) is 11.6 Å². The average Bonchev–Trinajstić information content (AvgIpc) is 3.35. The lowest BCUT2D eigenvalue weighted by Gasteiger charge is -2.17. The van der Waals surface area contributed by atoms with Gasteiger partial charge >= 0.3 is 5.97 Å². The highest BCUT2D eigenvalue weighted by Crippen LogP contribution is 2.28. The fourth-order valence-corrected chi connectivity index (χ4v) is 3.78. The molecule has 0 bridgehead atoms. The van der Waals surface area contributed by atoms with Crippen LogP contribution in [0, 0.1) is 17.0 Å². The van der Waals surface area contributed by atoms with Crippen molar-refractivity contribution in [3.8, 4) is 10.8 Å². The molecule has 10 nitrogen and oxygen atoms in total. The van der Waals surface area contributed by atoms with Crippen LogP contribution in [0.5, 0.6) is 0 Å². The summed E-state index contributed by atoms with van der Waals surface area (Å²) in [6.45, 7) is 1.70. The van der Waals surface area contributed by atoms with Crippen molar-refractivity contribution in [1.82, 2.24) is 15.0 Å². The van der Waals surface area contributed by atoms with Gasteiger partial charge in [0.15, 0.2) is 16.5 Å². The first-order valence-electron chi connectivity index (χ1n) is 9.97. The minimum Gasteiger partial charge on any atom is -0.443 e. The minimum absolute atomic E-state index is 0.00486. The number of nitro groups is 1. The van der Waals surface area contributed by atoms with Crippen LogP contribution in [0.4, 0.5) is 11.4 Å². The highest BCUT2D eigenvalue weighted by atomic mass is 32.1. The van der Waals surface area contributed by atoms with E-state index in [0.29, 0.717) is 22.0 Å². The number of thiazole rings is 1. The summed E-state index contributed by atoms with van der Waals surface area (Å²) in [7, 11) is 0. The average molecular weight is 475 g/mol. The second-order valence-corrected chi connectivity index (χ2v) is 7.93. The molecule has 0 fully saturated rings. The van der Waals surface area contributed by atoms with Gasteiger partial charge in [-0.3, -0.25) is 14.9 Å². The topological polar surface area (TPSA) is 137 Å². The van der Waals surface area contributed by atoms with Crippen molar-refractivity contribution in [2.75, 3.05) is 5.32 Å².